The van der Waals surface area contributed by atoms with Gasteiger partial charge in [-0.1, -0.05) is 43.3 Å². The van der Waals surface area contributed by atoms with Crippen molar-refractivity contribution < 1.29 is 23.8 Å². The third kappa shape index (κ3) is 5.03. The lowest BCUT2D eigenvalue weighted by molar-refractivity contribution is -0.144. The number of ketones is 1. The molecule has 6 nitrogen and oxygen atoms in total. The molecular weight excluding hydrogens is 454 g/mol. The number of hydrogen-bond donors (Lipinski definition) is 1. The van der Waals surface area contributed by atoms with E-state index in [0.29, 0.717) is 54.2 Å². The monoisotopic (exact) mass is 489 g/mol. The van der Waals surface area contributed by atoms with E-state index in [1.807, 2.05) is 64.1 Å². The highest BCUT2D eigenvalue weighted by atomic mass is 16.5. The predicted molar refractivity (Wildman–Crippen MR) is 139 cm³/mol. The average Bonchev–Trinajstić information content (AvgIpc) is 2.88. The van der Waals surface area contributed by atoms with Crippen molar-refractivity contribution in [2.75, 3.05) is 13.7 Å². The number of hydrogen-bond acceptors (Lipinski definition) is 6. The second-order valence-electron chi connectivity index (χ2n) is 9.40. The number of carbonyl (C=O) groups excluding carboxylic acids is 2. The minimum absolute atomic E-state index is 0.0387. The van der Waals surface area contributed by atoms with Crippen LogP contribution in [-0.4, -0.2) is 31.6 Å². The van der Waals surface area contributed by atoms with Gasteiger partial charge in [0.25, 0.3) is 0 Å². The number of dihydropyridines is 1. The second-order valence-corrected chi connectivity index (χ2v) is 9.40. The number of carbonyl (C=O) groups is 2. The molecule has 3 atom stereocenters. The summed E-state index contributed by atoms with van der Waals surface area (Å²) in [6.45, 7) is 8.15. The van der Waals surface area contributed by atoms with Gasteiger partial charge in [-0.15, -0.1) is 0 Å². The van der Waals surface area contributed by atoms with Crippen LogP contribution in [0.2, 0.25) is 0 Å². The van der Waals surface area contributed by atoms with E-state index < -0.39 is 11.9 Å². The molecule has 1 aliphatic carbocycles. The predicted octanol–water partition coefficient (Wildman–Crippen LogP) is 5.80. The summed E-state index contributed by atoms with van der Waals surface area (Å²) in [4.78, 5) is 27.2. The normalized spacial score (nSPS) is 20.4. The molecule has 1 aliphatic heterocycles. The summed E-state index contributed by atoms with van der Waals surface area (Å²) in [5, 5.41) is 3.41. The number of Topliss-reactive ketones (excluding diaryl/α,β-unsaturated/α-hetero) is 1. The van der Waals surface area contributed by atoms with E-state index in [2.05, 4.69) is 17.4 Å². The van der Waals surface area contributed by atoms with E-state index in [0.717, 1.165) is 16.8 Å². The first-order valence-electron chi connectivity index (χ1n) is 12.7. The number of nitrogens with one attached hydrogen (secondary N) is 1. The van der Waals surface area contributed by atoms with E-state index in [4.69, 9.17) is 14.2 Å². The maximum absolute atomic E-state index is 13.7. The summed E-state index contributed by atoms with van der Waals surface area (Å²) in [6, 6.07) is 15.7. The Kier molecular flexibility index (Phi) is 7.82. The lowest BCUT2D eigenvalue weighted by Gasteiger charge is -2.37. The molecule has 0 bridgehead atoms. The van der Waals surface area contributed by atoms with Crippen LogP contribution >= 0.6 is 0 Å². The number of benzene rings is 2. The molecule has 4 rings (SSSR count). The van der Waals surface area contributed by atoms with Gasteiger partial charge in [0.15, 0.2) is 17.3 Å². The fourth-order valence-electron chi connectivity index (χ4n) is 5.07. The molecule has 0 unspecified atom stereocenters. The first-order valence-corrected chi connectivity index (χ1v) is 12.7. The first kappa shape index (κ1) is 25.5. The molecule has 0 aromatic heterocycles. The molecule has 36 heavy (non-hydrogen) atoms. The van der Waals surface area contributed by atoms with Crippen molar-refractivity contribution in [2.24, 2.45) is 0 Å². The van der Waals surface area contributed by atoms with Gasteiger partial charge in [0, 0.05) is 29.3 Å². The Labute approximate surface area is 213 Å². The maximum atomic E-state index is 13.7. The number of allylic oxidation sites excluding steroid dienone is 3. The van der Waals surface area contributed by atoms with Crippen molar-refractivity contribution >= 4 is 11.8 Å². The minimum Gasteiger partial charge on any atom is -0.493 e. The third-order valence-corrected chi connectivity index (χ3v) is 7.02. The molecule has 2 aromatic rings. The van der Waals surface area contributed by atoms with Gasteiger partial charge in [-0.3, -0.25) is 4.79 Å². The molecule has 0 amide bonds. The molecule has 0 fully saturated rings. The van der Waals surface area contributed by atoms with E-state index in [1.165, 1.54) is 0 Å². The van der Waals surface area contributed by atoms with Crippen LogP contribution in [-0.2, 0) is 14.3 Å². The molecule has 1 N–H and O–H groups in total. The summed E-state index contributed by atoms with van der Waals surface area (Å²) >= 11 is 0. The minimum atomic E-state index is -0.549. The van der Waals surface area contributed by atoms with Gasteiger partial charge in [0.2, 0.25) is 0 Å². The van der Waals surface area contributed by atoms with Crippen LogP contribution in [0.3, 0.4) is 0 Å². The third-order valence-electron chi connectivity index (χ3n) is 7.02. The quantitative estimate of drug-likeness (QED) is 0.473. The Morgan fingerprint density at radius 2 is 1.81 bits per heavy atom. The highest BCUT2D eigenvalue weighted by Gasteiger charge is 2.42. The molecule has 0 saturated heterocycles. The van der Waals surface area contributed by atoms with Gasteiger partial charge in [-0.2, -0.15) is 0 Å². The zero-order chi connectivity index (χ0) is 25.8. The van der Waals surface area contributed by atoms with Crippen LogP contribution < -0.4 is 14.8 Å². The highest BCUT2D eigenvalue weighted by molar-refractivity contribution is 6.04. The molecule has 0 saturated carbocycles. The van der Waals surface area contributed by atoms with Crippen LogP contribution in [0.1, 0.15) is 69.9 Å². The van der Waals surface area contributed by atoms with E-state index in [9.17, 15) is 9.59 Å². The molecule has 190 valence electrons. The lowest BCUT2D eigenvalue weighted by Crippen LogP contribution is -2.36. The standard InChI is InChI=1S/C30H35NO5/c1-6-18(3)36-30(33)27-19(4)31-23-15-22(20-11-9-8-10-12-20)16-24(32)29(23)28(27)21-13-14-25(35-7-2)26(17-21)34-5/h8-14,17-18,22,28,31H,6-7,15-16H2,1-5H3/t18-,22+,28+/m0/s1. The molecule has 1 heterocycles. The topological polar surface area (TPSA) is 73.9 Å². The Morgan fingerprint density at radius 3 is 2.47 bits per heavy atom. The zero-order valence-corrected chi connectivity index (χ0v) is 21.7. The van der Waals surface area contributed by atoms with Crippen LogP contribution in [0.5, 0.6) is 11.5 Å². The average molecular weight is 490 g/mol. The zero-order valence-electron chi connectivity index (χ0n) is 21.7. The molecular formula is C30H35NO5. The van der Waals surface area contributed by atoms with Crippen molar-refractivity contribution in [2.45, 2.75) is 64.9 Å². The Hall–Kier alpha value is -3.54. The van der Waals surface area contributed by atoms with Crippen LogP contribution in [0.15, 0.2) is 71.1 Å². The molecule has 6 heteroatoms. The van der Waals surface area contributed by atoms with E-state index in [-0.39, 0.29) is 17.8 Å². The second kappa shape index (κ2) is 11.0. The molecule has 0 radical (unpaired) electrons. The molecule has 2 aliphatic rings. The van der Waals surface area contributed by atoms with Gasteiger partial charge in [0.1, 0.15) is 0 Å². The number of rotatable bonds is 8. The first-order chi connectivity index (χ1) is 17.4. The summed E-state index contributed by atoms with van der Waals surface area (Å²) in [7, 11) is 1.59. The smallest absolute Gasteiger partial charge is 0.337 e. The molecule has 0 spiro atoms. The lowest BCUT2D eigenvalue weighted by atomic mass is 9.71. The van der Waals surface area contributed by atoms with Gasteiger partial charge < -0.3 is 19.5 Å². The van der Waals surface area contributed by atoms with E-state index in [1.54, 1.807) is 7.11 Å². The van der Waals surface area contributed by atoms with Gasteiger partial charge in [-0.05, 0) is 62.8 Å². The van der Waals surface area contributed by atoms with Crippen molar-refractivity contribution in [1.82, 2.24) is 5.32 Å². The number of esters is 1. The fourth-order valence-corrected chi connectivity index (χ4v) is 5.07. The largest absolute Gasteiger partial charge is 0.493 e. The Morgan fingerprint density at radius 1 is 1.06 bits per heavy atom. The van der Waals surface area contributed by atoms with Gasteiger partial charge in [-0.25, -0.2) is 4.79 Å². The van der Waals surface area contributed by atoms with Crippen molar-refractivity contribution in [3.05, 3.63) is 82.2 Å². The fraction of sp³-hybridized carbons (Fsp3) is 0.400. The maximum Gasteiger partial charge on any atom is 0.337 e. The summed E-state index contributed by atoms with van der Waals surface area (Å²) in [5.74, 6) is 0.352. The van der Waals surface area contributed by atoms with Gasteiger partial charge >= 0.3 is 5.97 Å². The summed E-state index contributed by atoms with van der Waals surface area (Å²) in [5.41, 5.74) is 4.62. The van der Waals surface area contributed by atoms with Crippen molar-refractivity contribution in [1.29, 1.82) is 0 Å². The van der Waals surface area contributed by atoms with Gasteiger partial charge in [0.05, 0.1) is 25.4 Å². The van der Waals surface area contributed by atoms with Crippen molar-refractivity contribution in [3.8, 4) is 11.5 Å². The SMILES string of the molecule is CCOc1ccc([C@@H]2C(C(=O)O[C@@H](C)CC)=C(C)NC3=C2C(=O)C[C@H](c2ccccc2)C3)cc1OC. The van der Waals surface area contributed by atoms with Crippen LogP contribution in [0.25, 0.3) is 0 Å². The Balaban J connectivity index is 1.82. The van der Waals surface area contributed by atoms with Crippen LogP contribution in [0.4, 0.5) is 0 Å². The number of ether oxygens (including phenoxy) is 3. The van der Waals surface area contributed by atoms with Crippen molar-refractivity contribution in [3.63, 3.8) is 0 Å². The summed E-state index contributed by atoms with van der Waals surface area (Å²) in [6.07, 6.45) is 1.56. The highest BCUT2D eigenvalue weighted by Crippen LogP contribution is 2.47. The summed E-state index contributed by atoms with van der Waals surface area (Å²) < 4.78 is 17.1. The van der Waals surface area contributed by atoms with E-state index >= 15 is 0 Å². The van der Waals surface area contributed by atoms with Crippen LogP contribution in [0, 0.1) is 0 Å². The number of methoxy groups -OCH3 is 1. The molecule has 2 aromatic carbocycles. The Bertz CT molecular complexity index is 1200.